The Morgan fingerprint density at radius 1 is 0.789 bits per heavy atom. The molecule has 0 saturated carbocycles. The van der Waals surface area contributed by atoms with Crippen molar-refractivity contribution >= 4 is 41.4 Å². The topological polar surface area (TPSA) is 81.2 Å². The number of nitrogens with zero attached hydrogens (tertiary/aromatic N) is 3. The zero-order valence-electron chi connectivity index (χ0n) is 21.2. The lowest BCUT2D eigenvalue weighted by Crippen LogP contribution is -2.56. The molecule has 0 radical (unpaired) electrons. The van der Waals surface area contributed by atoms with Crippen molar-refractivity contribution in [1.29, 1.82) is 0 Å². The summed E-state index contributed by atoms with van der Waals surface area (Å²) < 4.78 is 0. The van der Waals surface area contributed by atoms with Gasteiger partial charge in [-0.05, 0) is 62.2 Å². The van der Waals surface area contributed by atoms with Crippen LogP contribution in [-0.2, 0) is 4.79 Å². The number of benzene rings is 3. The number of likely N-dealkylation sites (tertiary alicyclic amines) is 1. The number of hydrogen-bond donors (Lipinski definition) is 1. The summed E-state index contributed by atoms with van der Waals surface area (Å²) >= 11 is 0. The number of carbonyl (C=O) groups is 3. The number of Topliss-reactive ketones (excluding diaryl/α,β-unsaturated/α-hetero) is 1. The van der Waals surface area contributed by atoms with Gasteiger partial charge in [-0.15, -0.1) is 12.4 Å². The van der Waals surface area contributed by atoms with Gasteiger partial charge in [0.2, 0.25) is 0 Å². The van der Waals surface area contributed by atoms with Crippen LogP contribution in [0.25, 0.3) is 0 Å². The molecule has 0 aromatic heterocycles. The van der Waals surface area contributed by atoms with Gasteiger partial charge in [0.25, 0.3) is 5.91 Å². The molecule has 3 aromatic carbocycles. The summed E-state index contributed by atoms with van der Waals surface area (Å²) in [6.45, 7) is 2.80. The second-order valence-corrected chi connectivity index (χ2v) is 9.76. The molecule has 2 fully saturated rings. The second-order valence-electron chi connectivity index (χ2n) is 9.76. The van der Waals surface area contributed by atoms with E-state index in [1.807, 2.05) is 60.7 Å². The summed E-state index contributed by atoms with van der Waals surface area (Å²) in [6.07, 6.45) is 2.69. The van der Waals surface area contributed by atoms with E-state index in [0.29, 0.717) is 31.6 Å². The largest absolute Gasteiger partial charge is 0.478 e. The number of carboxylic acid groups (broad SMARTS) is 1. The van der Waals surface area contributed by atoms with Gasteiger partial charge in [-0.25, -0.2) is 4.79 Å². The lowest BCUT2D eigenvalue weighted by Gasteiger charge is -2.43. The number of piperidine rings is 1. The summed E-state index contributed by atoms with van der Waals surface area (Å²) in [5, 5.41) is 9.25. The van der Waals surface area contributed by atoms with Gasteiger partial charge in [0.1, 0.15) is 5.54 Å². The average Bonchev–Trinajstić information content (AvgIpc) is 3.22. The molecule has 2 saturated heterocycles. The SMILES string of the molecule is Cl.O=C(O)c1ccc(N2CN(c3ccccc3)C3(CCN(CCCC(=O)c4ccccc4)CC3)C2=O)cc1. The Bertz CT molecular complexity index is 1260. The molecule has 2 heterocycles. The van der Waals surface area contributed by atoms with Gasteiger partial charge in [-0.1, -0.05) is 48.5 Å². The van der Waals surface area contributed by atoms with Gasteiger partial charge >= 0.3 is 5.97 Å². The number of amides is 1. The number of para-hydroxylation sites is 1. The van der Waals surface area contributed by atoms with E-state index in [9.17, 15) is 19.5 Å². The number of aromatic carboxylic acids is 1. The first kappa shape index (κ1) is 27.4. The first-order valence-electron chi connectivity index (χ1n) is 12.8. The molecule has 1 spiro atoms. The van der Waals surface area contributed by atoms with Crippen LogP contribution in [-0.4, -0.2) is 59.5 Å². The second kappa shape index (κ2) is 11.8. The Morgan fingerprint density at radius 2 is 1.39 bits per heavy atom. The van der Waals surface area contributed by atoms with Crippen molar-refractivity contribution in [1.82, 2.24) is 4.90 Å². The number of carboxylic acids is 1. The summed E-state index contributed by atoms with van der Waals surface area (Å²) in [6, 6.07) is 25.9. The highest BCUT2D eigenvalue weighted by Gasteiger charge is 2.54. The molecule has 5 rings (SSSR count). The molecule has 0 aliphatic carbocycles. The normalized spacial score (nSPS) is 16.9. The fraction of sp³-hybridized carbons (Fsp3) is 0.300. The highest BCUT2D eigenvalue weighted by atomic mass is 35.5. The predicted molar refractivity (Wildman–Crippen MR) is 150 cm³/mol. The molecule has 0 bridgehead atoms. The quantitative estimate of drug-likeness (QED) is 0.405. The van der Waals surface area contributed by atoms with Crippen LogP contribution in [0.2, 0.25) is 0 Å². The first-order chi connectivity index (χ1) is 18.0. The Morgan fingerprint density at radius 3 is 2.00 bits per heavy atom. The van der Waals surface area contributed by atoms with E-state index in [1.54, 1.807) is 29.2 Å². The molecular weight excluding hydrogens is 502 g/mol. The van der Waals surface area contributed by atoms with Gasteiger partial charge in [0.15, 0.2) is 5.78 Å². The van der Waals surface area contributed by atoms with Crippen LogP contribution in [0.4, 0.5) is 11.4 Å². The Hall–Kier alpha value is -3.68. The van der Waals surface area contributed by atoms with Crippen molar-refractivity contribution < 1.29 is 19.5 Å². The lowest BCUT2D eigenvalue weighted by atomic mass is 9.85. The maximum Gasteiger partial charge on any atom is 0.335 e. The third-order valence-corrected chi connectivity index (χ3v) is 7.59. The fourth-order valence-electron chi connectivity index (χ4n) is 5.49. The van der Waals surface area contributed by atoms with Crippen LogP contribution in [0.3, 0.4) is 0 Å². The Labute approximate surface area is 229 Å². The number of rotatable bonds is 8. The van der Waals surface area contributed by atoms with Crippen molar-refractivity contribution in [2.24, 2.45) is 0 Å². The van der Waals surface area contributed by atoms with Gasteiger partial charge < -0.3 is 14.9 Å². The van der Waals surface area contributed by atoms with Crippen molar-refractivity contribution in [3.8, 4) is 0 Å². The van der Waals surface area contributed by atoms with Crippen LogP contribution >= 0.6 is 12.4 Å². The van der Waals surface area contributed by atoms with Crippen LogP contribution in [0.15, 0.2) is 84.9 Å². The summed E-state index contributed by atoms with van der Waals surface area (Å²) in [5.41, 5.74) is 2.01. The van der Waals surface area contributed by atoms with E-state index in [-0.39, 0.29) is 29.7 Å². The molecule has 2 aliphatic heterocycles. The monoisotopic (exact) mass is 533 g/mol. The minimum atomic E-state index is -0.987. The van der Waals surface area contributed by atoms with Crippen LogP contribution in [0.5, 0.6) is 0 Å². The smallest absolute Gasteiger partial charge is 0.335 e. The molecule has 1 N–H and O–H groups in total. The maximum atomic E-state index is 14.0. The number of halogens is 1. The van der Waals surface area contributed by atoms with E-state index in [1.165, 1.54) is 0 Å². The number of carbonyl (C=O) groups excluding carboxylic acids is 2. The maximum absolute atomic E-state index is 14.0. The van der Waals surface area contributed by atoms with E-state index in [2.05, 4.69) is 9.80 Å². The van der Waals surface area contributed by atoms with Crippen molar-refractivity contribution in [2.75, 3.05) is 36.1 Å². The summed E-state index contributed by atoms with van der Waals surface area (Å²) in [4.78, 5) is 44.0. The summed E-state index contributed by atoms with van der Waals surface area (Å²) in [5.74, 6) is -0.766. The van der Waals surface area contributed by atoms with E-state index in [0.717, 1.165) is 37.3 Å². The molecule has 38 heavy (non-hydrogen) atoms. The minimum Gasteiger partial charge on any atom is -0.478 e. The molecule has 3 aromatic rings. The van der Waals surface area contributed by atoms with Crippen LogP contribution < -0.4 is 9.80 Å². The lowest BCUT2D eigenvalue weighted by molar-refractivity contribution is -0.123. The molecule has 1 amide bonds. The van der Waals surface area contributed by atoms with Gasteiger partial charge in [0, 0.05) is 36.4 Å². The van der Waals surface area contributed by atoms with Crippen molar-refractivity contribution in [3.05, 3.63) is 96.1 Å². The number of anilines is 2. The van der Waals surface area contributed by atoms with Crippen molar-refractivity contribution in [3.63, 3.8) is 0 Å². The van der Waals surface area contributed by atoms with Crippen LogP contribution in [0.1, 0.15) is 46.4 Å². The Balaban J connectivity index is 0.00000336. The van der Waals surface area contributed by atoms with Crippen LogP contribution in [0, 0.1) is 0 Å². The number of ketones is 1. The predicted octanol–water partition coefficient (Wildman–Crippen LogP) is 5.12. The minimum absolute atomic E-state index is 0. The zero-order valence-corrected chi connectivity index (χ0v) is 22.0. The fourth-order valence-corrected chi connectivity index (χ4v) is 5.49. The number of hydrogen-bond acceptors (Lipinski definition) is 5. The molecule has 7 nitrogen and oxygen atoms in total. The van der Waals surface area contributed by atoms with E-state index < -0.39 is 11.5 Å². The van der Waals surface area contributed by atoms with Gasteiger partial charge in [-0.2, -0.15) is 0 Å². The molecule has 2 aliphatic rings. The summed E-state index contributed by atoms with van der Waals surface area (Å²) in [7, 11) is 0. The first-order valence-corrected chi connectivity index (χ1v) is 12.8. The molecule has 0 unspecified atom stereocenters. The average molecular weight is 534 g/mol. The molecule has 0 atom stereocenters. The third kappa shape index (κ3) is 5.44. The van der Waals surface area contributed by atoms with E-state index in [4.69, 9.17) is 0 Å². The van der Waals surface area contributed by atoms with Crippen molar-refractivity contribution in [2.45, 2.75) is 31.2 Å². The van der Waals surface area contributed by atoms with Gasteiger partial charge in [-0.3, -0.25) is 14.5 Å². The third-order valence-electron chi connectivity index (χ3n) is 7.59. The Kier molecular flexibility index (Phi) is 8.49. The molecule has 198 valence electrons. The standard InChI is InChI=1S/C30H31N3O4.ClH/c34-27(23-8-3-1-4-9-23)12-7-19-31-20-17-30(18-21-31)29(37)32(22-33(30)26-10-5-2-6-11-26)25-15-13-24(14-16-25)28(35)36;/h1-6,8-11,13-16H,7,12,17-22H2,(H,35,36);1H. The molecular formula is C30H32ClN3O4. The van der Waals surface area contributed by atoms with E-state index >= 15 is 0 Å². The highest BCUT2D eigenvalue weighted by molar-refractivity contribution is 6.06. The molecule has 8 heteroatoms. The highest BCUT2D eigenvalue weighted by Crippen LogP contribution is 2.41. The zero-order chi connectivity index (χ0) is 25.8. The van der Waals surface area contributed by atoms with Gasteiger partial charge in [0.05, 0.1) is 12.2 Å².